The zero-order valence-corrected chi connectivity index (χ0v) is 11.7. The van der Waals surface area contributed by atoms with Gasteiger partial charge in [0.25, 0.3) is 5.91 Å². The van der Waals surface area contributed by atoms with E-state index in [0.717, 1.165) is 4.90 Å². The zero-order chi connectivity index (χ0) is 14.5. The molecule has 0 spiro atoms. The average molecular weight is 301 g/mol. The molecule has 3 rings (SSSR count). The van der Waals surface area contributed by atoms with E-state index in [2.05, 4.69) is 20.0 Å². The van der Waals surface area contributed by atoms with Gasteiger partial charge in [-0.3, -0.25) is 4.79 Å². The van der Waals surface area contributed by atoms with E-state index in [9.17, 15) is 4.79 Å². The molecule has 0 aliphatic heterocycles. The van der Waals surface area contributed by atoms with E-state index in [1.54, 1.807) is 23.9 Å². The molecular weight excluding hydrogens is 290 g/mol. The first kappa shape index (κ1) is 13.4. The van der Waals surface area contributed by atoms with Crippen molar-refractivity contribution in [2.24, 2.45) is 0 Å². The SMILES string of the molecule is O=C(Nc1ccc(SCc2ncon2)cc1)c1ccco1. The molecule has 0 aliphatic carbocycles. The maximum absolute atomic E-state index is 11.8. The van der Waals surface area contributed by atoms with Crippen LogP contribution in [0.5, 0.6) is 0 Å². The lowest BCUT2D eigenvalue weighted by molar-refractivity contribution is 0.0996. The Balaban J connectivity index is 1.57. The molecule has 3 aromatic rings. The lowest BCUT2D eigenvalue weighted by atomic mass is 10.3. The van der Waals surface area contributed by atoms with Gasteiger partial charge < -0.3 is 14.3 Å². The molecule has 6 nitrogen and oxygen atoms in total. The number of hydrogen-bond donors (Lipinski definition) is 1. The Morgan fingerprint density at radius 2 is 2.10 bits per heavy atom. The van der Waals surface area contributed by atoms with Gasteiger partial charge in [-0.05, 0) is 36.4 Å². The van der Waals surface area contributed by atoms with Gasteiger partial charge in [0.2, 0.25) is 6.39 Å². The number of aromatic nitrogens is 2. The monoisotopic (exact) mass is 301 g/mol. The second-order valence-corrected chi connectivity index (χ2v) is 5.14. The van der Waals surface area contributed by atoms with Gasteiger partial charge in [-0.1, -0.05) is 5.16 Å². The Labute approximate surface area is 124 Å². The molecule has 0 atom stereocenters. The molecule has 0 bridgehead atoms. The van der Waals surface area contributed by atoms with Crippen molar-refractivity contribution in [2.45, 2.75) is 10.6 Å². The van der Waals surface area contributed by atoms with Crippen molar-refractivity contribution < 1.29 is 13.7 Å². The molecule has 0 aliphatic rings. The first-order valence-electron chi connectivity index (χ1n) is 6.14. The van der Waals surface area contributed by atoms with Crippen LogP contribution < -0.4 is 5.32 Å². The van der Waals surface area contributed by atoms with E-state index in [-0.39, 0.29) is 11.7 Å². The maximum atomic E-state index is 11.8. The molecule has 1 amide bonds. The summed E-state index contributed by atoms with van der Waals surface area (Å²) < 4.78 is 9.70. The molecule has 106 valence electrons. The molecule has 1 N–H and O–H groups in total. The van der Waals surface area contributed by atoms with Crippen LogP contribution in [0.3, 0.4) is 0 Å². The number of rotatable bonds is 5. The molecule has 21 heavy (non-hydrogen) atoms. The van der Waals surface area contributed by atoms with Crippen LogP contribution in [-0.4, -0.2) is 16.0 Å². The Morgan fingerprint density at radius 3 is 2.76 bits per heavy atom. The quantitative estimate of drug-likeness (QED) is 0.729. The molecule has 0 radical (unpaired) electrons. The number of carbonyl (C=O) groups is 1. The van der Waals surface area contributed by atoms with Crippen LogP contribution >= 0.6 is 11.8 Å². The summed E-state index contributed by atoms with van der Waals surface area (Å²) in [7, 11) is 0. The number of nitrogens with zero attached hydrogens (tertiary/aromatic N) is 2. The lowest BCUT2D eigenvalue weighted by Crippen LogP contribution is -2.10. The zero-order valence-electron chi connectivity index (χ0n) is 10.9. The maximum Gasteiger partial charge on any atom is 0.291 e. The number of hydrogen-bond acceptors (Lipinski definition) is 6. The number of thioether (sulfide) groups is 1. The van der Waals surface area contributed by atoms with E-state index in [0.29, 0.717) is 17.3 Å². The predicted octanol–water partition coefficient (Wildman–Crippen LogP) is 3.21. The molecule has 2 aromatic heterocycles. The van der Waals surface area contributed by atoms with Crippen molar-refractivity contribution in [3.8, 4) is 0 Å². The number of furan rings is 1. The molecule has 0 unspecified atom stereocenters. The fourth-order valence-corrected chi connectivity index (χ4v) is 2.39. The lowest BCUT2D eigenvalue weighted by Gasteiger charge is -2.04. The first-order chi connectivity index (χ1) is 10.3. The predicted molar refractivity (Wildman–Crippen MR) is 77.0 cm³/mol. The van der Waals surface area contributed by atoms with E-state index in [1.807, 2.05) is 24.3 Å². The summed E-state index contributed by atoms with van der Waals surface area (Å²) in [6.07, 6.45) is 2.77. The summed E-state index contributed by atoms with van der Waals surface area (Å²) in [5.74, 6) is 1.29. The van der Waals surface area contributed by atoms with Crippen molar-refractivity contribution in [3.63, 3.8) is 0 Å². The van der Waals surface area contributed by atoms with Gasteiger partial charge in [0.05, 0.1) is 12.0 Å². The number of amides is 1. The topological polar surface area (TPSA) is 81.2 Å². The molecule has 0 saturated heterocycles. The molecule has 0 fully saturated rings. The number of anilines is 1. The van der Waals surface area contributed by atoms with Crippen LogP contribution in [0.4, 0.5) is 5.69 Å². The highest BCUT2D eigenvalue weighted by atomic mass is 32.2. The van der Waals surface area contributed by atoms with Gasteiger partial charge >= 0.3 is 0 Å². The van der Waals surface area contributed by atoms with E-state index >= 15 is 0 Å². The molecule has 0 saturated carbocycles. The van der Waals surface area contributed by atoms with Gasteiger partial charge in [-0.2, -0.15) is 4.98 Å². The third kappa shape index (κ3) is 3.51. The minimum absolute atomic E-state index is 0.271. The van der Waals surface area contributed by atoms with E-state index < -0.39 is 0 Å². The third-order valence-electron chi connectivity index (χ3n) is 2.63. The Hall–Kier alpha value is -2.54. The summed E-state index contributed by atoms with van der Waals surface area (Å²) in [6, 6.07) is 10.8. The van der Waals surface area contributed by atoms with Crippen LogP contribution in [0.25, 0.3) is 0 Å². The van der Waals surface area contributed by atoms with Gasteiger partial charge in [-0.15, -0.1) is 11.8 Å². The van der Waals surface area contributed by atoms with Gasteiger partial charge in [0.15, 0.2) is 11.6 Å². The normalized spacial score (nSPS) is 10.5. The summed E-state index contributed by atoms with van der Waals surface area (Å²) in [4.78, 5) is 16.8. The minimum Gasteiger partial charge on any atom is -0.459 e. The van der Waals surface area contributed by atoms with Crippen LogP contribution in [0.2, 0.25) is 0 Å². The minimum atomic E-state index is -0.271. The number of nitrogens with one attached hydrogen (secondary N) is 1. The third-order valence-corrected chi connectivity index (χ3v) is 3.64. The van der Waals surface area contributed by atoms with Gasteiger partial charge in [0.1, 0.15) is 0 Å². The van der Waals surface area contributed by atoms with Gasteiger partial charge in [0, 0.05) is 10.6 Å². The summed E-state index contributed by atoms with van der Waals surface area (Å²) in [5.41, 5.74) is 0.709. The number of benzene rings is 1. The summed E-state index contributed by atoms with van der Waals surface area (Å²) >= 11 is 1.59. The molecule has 7 heteroatoms. The summed E-state index contributed by atoms with van der Waals surface area (Å²) in [6.45, 7) is 0. The van der Waals surface area contributed by atoms with E-state index in [1.165, 1.54) is 12.7 Å². The second-order valence-electron chi connectivity index (χ2n) is 4.09. The largest absolute Gasteiger partial charge is 0.459 e. The number of carbonyl (C=O) groups excluding carboxylic acids is 1. The fourth-order valence-electron chi connectivity index (χ4n) is 1.64. The Morgan fingerprint density at radius 1 is 1.24 bits per heavy atom. The van der Waals surface area contributed by atoms with Crippen LogP contribution in [-0.2, 0) is 5.75 Å². The van der Waals surface area contributed by atoms with Crippen molar-refractivity contribution in [2.75, 3.05) is 5.32 Å². The molecular formula is C14H11N3O3S. The fraction of sp³-hybridized carbons (Fsp3) is 0.0714. The molecule has 2 heterocycles. The van der Waals surface area contributed by atoms with Crippen LogP contribution in [0, 0.1) is 0 Å². The second kappa shape index (κ2) is 6.27. The van der Waals surface area contributed by atoms with Crippen LogP contribution in [0.15, 0.2) is 62.9 Å². The highest BCUT2D eigenvalue weighted by Gasteiger charge is 2.08. The van der Waals surface area contributed by atoms with Crippen molar-refractivity contribution in [1.82, 2.24) is 10.1 Å². The van der Waals surface area contributed by atoms with E-state index in [4.69, 9.17) is 4.42 Å². The van der Waals surface area contributed by atoms with Crippen molar-refractivity contribution in [1.29, 1.82) is 0 Å². The van der Waals surface area contributed by atoms with Crippen LogP contribution in [0.1, 0.15) is 16.4 Å². The standard InChI is InChI=1S/C14H11N3O3S/c18-14(12-2-1-7-19-12)16-10-3-5-11(6-4-10)21-8-13-15-9-20-17-13/h1-7,9H,8H2,(H,16,18). The molecule has 1 aromatic carbocycles. The smallest absolute Gasteiger partial charge is 0.291 e. The first-order valence-corrected chi connectivity index (χ1v) is 7.13. The Bertz CT molecular complexity index is 694. The Kier molecular flexibility index (Phi) is 4.02. The highest BCUT2D eigenvalue weighted by molar-refractivity contribution is 7.98. The van der Waals surface area contributed by atoms with Crippen molar-refractivity contribution in [3.05, 3.63) is 60.6 Å². The average Bonchev–Trinajstić information content (AvgIpc) is 3.20. The highest BCUT2D eigenvalue weighted by Crippen LogP contribution is 2.23. The summed E-state index contributed by atoms with van der Waals surface area (Å²) in [5, 5.41) is 6.50. The van der Waals surface area contributed by atoms with Gasteiger partial charge in [-0.25, -0.2) is 0 Å². The van der Waals surface area contributed by atoms with Crippen molar-refractivity contribution >= 4 is 23.4 Å².